The molecular weight excluding hydrogens is 266 g/mol. The van der Waals surface area contributed by atoms with Crippen LogP contribution in [0.3, 0.4) is 0 Å². The predicted molar refractivity (Wildman–Crippen MR) is 80.8 cm³/mol. The second-order valence-corrected chi connectivity index (χ2v) is 4.93. The van der Waals surface area contributed by atoms with E-state index in [9.17, 15) is 4.79 Å². The molecule has 2 aromatic carbocycles. The molecule has 0 saturated carbocycles. The van der Waals surface area contributed by atoms with Crippen molar-refractivity contribution in [2.45, 2.75) is 13.2 Å². The third-order valence-corrected chi connectivity index (χ3v) is 3.33. The highest BCUT2D eigenvalue weighted by atomic mass is 16.7. The van der Waals surface area contributed by atoms with Gasteiger partial charge in [0.1, 0.15) is 0 Å². The molecule has 0 aliphatic carbocycles. The smallest absolute Gasteiger partial charge is 0.221 e. The Morgan fingerprint density at radius 3 is 2.62 bits per heavy atom. The lowest BCUT2D eigenvalue weighted by molar-refractivity contribution is -0.114. The van der Waals surface area contributed by atoms with Crippen LogP contribution in [0.25, 0.3) is 11.1 Å². The van der Waals surface area contributed by atoms with Gasteiger partial charge in [-0.05, 0) is 17.7 Å². The van der Waals surface area contributed by atoms with Crippen LogP contribution in [-0.2, 0) is 14.3 Å². The van der Waals surface area contributed by atoms with E-state index < -0.39 is 0 Å². The summed E-state index contributed by atoms with van der Waals surface area (Å²) >= 11 is 0. The fourth-order valence-electron chi connectivity index (χ4n) is 2.44. The summed E-state index contributed by atoms with van der Waals surface area (Å²) in [6.45, 7) is 2.75. The zero-order valence-corrected chi connectivity index (χ0v) is 11.8. The molecule has 2 aromatic rings. The monoisotopic (exact) mass is 283 g/mol. The van der Waals surface area contributed by atoms with Gasteiger partial charge in [0.2, 0.25) is 5.91 Å². The average Bonchev–Trinajstić information content (AvgIpc) is 3.02. The van der Waals surface area contributed by atoms with E-state index in [0.29, 0.717) is 13.2 Å². The van der Waals surface area contributed by atoms with Crippen LogP contribution in [0.5, 0.6) is 0 Å². The van der Waals surface area contributed by atoms with Crippen molar-refractivity contribution in [3.63, 3.8) is 0 Å². The van der Waals surface area contributed by atoms with Gasteiger partial charge in [0.15, 0.2) is 6.29 Å². The highest BCUT2D eigenvalue weighted by Crippen LogP contribution is 2.31. The summed E-state index contributed by atoms with van der Waals surface area (Å²) in [6.07, 6.45) is -0.294. The molecule has 0 bridgehead atoms. The standard InChI is InChI=1S/C17H17NO3/c1-12(19)18-16-8-3-2-7-15(16)13-5-4-6-14(11-13)17-20-9-10-21-17/h2-8,11,17H,9-10H2,1H3,(H,18,19). The molecule has 0 atom stereocenters. The molecule has 21 heavy (non-hydrogen) atoms. The van der Waals surface area contributed by atoms with E-state index in [1.165, 1.54) is 6.92 Å². The van der Waals surface area contributed by atoms with Crippen LogP contribution < -0.4 is 5.32 Å². The van der Waals surface area contributed by atoms with Gasteiger partial charge in [-0.3, -0.25) is 4.79 Å². The molecule has 1 aliphatic heterocycles. The minimum Gasteiger partial charge on any atom is -0.346 e. The average molecular weight is 283 g/mol. The third-order valence-electron chi connectivity index (χ3n) is 3.33. The molecule has 0 unspecified atom stereocenters. The van der Waals surface area contributed by atoms with E-state index in [4.69, 9.17) is 9.47 Å². The first kappa shape index (κ1) is 13.8. The van der Waals surface area contributed by atoms with Gasteiger partial charge < -0.3 is 14.8 Å². The summed E-state index contributed by atoms with van der Waals surface area (Å²) in [4.78, 5) is 11.3. The molecule has 1 fully saturated rings. The minimum absolute atomic E-state index is 0.0823. The highest BCUT2D eigenvalue weighted by Gasteiger charge is 2.18. The Labute approximate surface area is 123 Å². The van der Waals surface area contributed by atoms with E-state index >= 15 is 0 Å². The number of hydrogen-bond donors (Lipinski definition) is 1. The van der Waals surface area contributed by atoms with Crippen LogP contribution in [0.15, 0.2) is 48.5 Å². The van der Waals surface area contributed by atoms with Crippen molar-refractivity contribution in [3.05, 3.63) is 54.1 Å². The zero-order valence-electron chi connectivity index (χ0n) is 11.8. The third kappa shape index (κ3) is 3.12. The number of rotatable bonds is 3. The summed E-state index contributed by atoms with van der Waals surface area (Å²) in [6, 6.07) is 15.8. The molecule has 4 heteroatoms. The van der Waals surface area contributed by atoms with Gasteiger partial charge in [-0.15, -0.1) is 0 Å². The number of benzene rings is 2. The molecule has 3 rings (SSSR count). The Hall–Kier alpha value is -2.17. The van der Waals surface area contributed by atoms with Crippen molar-refractivity contribution in [1.82, 2.24) is 0 Å². The summed E-state index contributed by atoms with van der Waals surface area (Å²) in [5.41, 5.74) is 3.79. The molecular formula is C17H17NO3. The SMILES string of the molecule is CC(=O)Nc1ccccc1-c1cccc(C2OCCO2)c1. The molecule has 1 aliphatic rings. The maximum absolute atomic E-state index is 11.3. The Balaban J connectivity index is 1.96. The first-order valence-corrected chi connectivity index (χ1v) is 6.94. The van der Waals surface area contributed by atoms with Gasteiger partial charge in [-0.25, -0.2) is 0 Å². The minimum atomic E-state index is -0.294. The van der Waals surface area contributed by atoms with E-state index in [-0.39, 0.29) is 12.2 Å². The summed E-state index contributed by atoms with van der Waals surface area (Å²) < 4.78 is 11.1. The first-order chi connectivity index (χ1) is 10.2. The van der Waals surface area contributed by atoms with Gasteiger partial charge in [0.25, 0.3) is 0 Å². The molecule has 1 heterocycles. The normalized spacial score (nSPS) is 15.1. The largest absolute Gasteiger partial charge is 0.346 e. The molecule has 1 saturated heterocycles. The molecule has 0 radical (unpaired) electrons. The number of carbonyl (C=O) groups is 1. The number of amides is 1. The highest BCUT2D eigenvalue weighted by molar-refractivity contribution is 5.94. The van der Waals surface area contributed by atoms with E-state index in [1.54, 1.807) is 0 Å². The molecule has 4 nitrogen and oxygen atoms in total. The van der Waals surface area contributed by atoms with E-state index in [2.05, 4.69) is 5.32 Å². The number of ether oxygens (including phenoxy) is 2. The predicted octanol–water partition coefficient (Wildman–Crippen LogP) is 3.36. The Kier molecular flexibility index (Phi) is 3.99. The Bertz CT molecular complexity index is 648. The van der Waals surface area contributed by atoms with Gasteiger partial charge >= 0.3 is 0 Å². The van der Waals surface area contributed by atoms with Gasteiger partial charge in [0.05, 0.1) is 13.2 Å². The maximum atomic E-state index is 11.3. The molecule has 1 N–H and O–H groups in total. The zero-order chi connectivity index (χ0) is 14.7. The molecule has 0 spiro atoms. The Morgan fingerprint density at radius 1 is 1.10 bits per heavy atom. The first-order valence-electron chi connectivity index (χ1n) is 6.94. The summed E-state index contributed by atoms with van der Waals surface area (Å²) in [5.74, 6) is -0.0823. The van der Waals surface area contributed by atoms with Crippen LogP contribution in [-0.4, -0.2) is 19.1 Å². The number of carbonyl (C=O) groups excluding carboxylic acids is 1. The molecule has 1 amide bonds. The van der Waals surface area contributed by atoms with Crippen LogP contribution in [0.2, 0.25) is 0 Å². The lowest BCUT2D eigenvalue weighted by Gasteiger charge is -2.13. The van der Waals surface area contributed by atoms with E-state index in [0.717, 1.165) is 22.4 Å². The van der Waals surface area contributed by atoms with Crippen LogP contribution >= 0.6 is 0 Å². The Morgan fingerprint density at radius 2 is 1.86 bits per heavy atom. The number of anilines is 1. The molecule has 108 valence electrons. The fourth-order valence-corrected chi connectivity index (χ4v) is 2.44. The fraction of sp³-hybridized carbons (Fsp3) is 0.235. The molecule has 0 aromatic heterocycles. The van der Waals surface area contributed by atoms with Crippen molar-refractivity contribution in [1.29, 1.82) is 0 Å². The number of hydrogen-bond acceptors (Lipinski definition) is 3. The summed E-state index contributed by atoms with van der Waals surface area (Å²) in [5, 5.41) is 2.86. The lowest BCUT2D eigenvalue weighted by Crippen LogP contribution is -2.07. The van der Waals surface area contributed by atoms with E-state index in [1.807, 2.05) is 48.5 Å². The van der Waals surface area contributed by atoms with Crippen LogP contribution in [0, 0.1) is 0 Å². The second-order valence-electron chi connectivity index (χ2n) is 4.93. The van der Waals surface area contributed by atoms with Gasteiger partial charge in [-0.2, -0.15) is 0 Å². The summed E-state index contributed by atoms with van der Waals surface area (Å²) in [7, 11) is 0. The second kappa shape index (κ2) is 6.08. The van der Waals surface area contributed by atoms with Crippen molar-refractivity contribution in [3.8, 4) is 11.1 Å². The number of nitrogens with one attached hydrogen (secondary N) is 1. The van der Waals surface area contributed by atoms with Crippen molar-refractivity contribution in [2.75, 3.05) is 18.5 Å². The van der Waals surface area contributed by atoms with Crippen molar-refractivity contribution < 1.29 is 14.3 Å². The lowest BCUT2D eigenvalue weighted by atomic mass is 10.0. The van der Waals surface area contributed by atoms with Crippen LogP contribution in [0.1, 0.15) is 18.8 Å². The van der Waals surface area contributed by atoms with Crippen molar-refractivity contribution >= 4 is 11.6 Å². The van der Waals surface area contributed by atoms with Gasteiger partial charge in [-0.1, -0.05) is 36.4 Å². The van der Waals surface area contributed by atoms with Crippen molar-refractivity contribution in [2.24, 2.45) is 0 Å². The quantitative estimate of drug-likeness (QED) is 0.939. The van der Waals surface area contributed by atoms with Gasteiger partial charge in [0, 0.05) is 23.7 Å². The van der Waals surface area contributed by atoms with Crippen LogP contribution in [0.4, 0.5) is 5.69 Å². The number of para-hydroxylation sites is 1. The maximum Gasteiger partial charge on any atom is 0.221 e. The topological polar surface area (TPSA) is 47.6 Å².